The van der Waals surface area contributed by atoms with Gasteiger partial charge in [0.1, 0.15) is 6.10 Å². The summed E-state index contributed by atoms with van der Waals surface area (Å²) in [5, 5.41) is 12.6. The molecule has 0 saturated carbocycles. The van der Waals surface area contributed by atoms with Crippen molar-refractivity contribution >= 4 is 11.8 Å². The van der Waals surface area contributed by atoms with E-state index in [0.29, 0.717) is 30.2 Å². The van der Waals surface area contributed by atoms with Gasteiger partial charge in [-0.05, 0) is 25.2 Å². The number of aliphatic hydroxyl groups is 1. The topological polar surface area (TPSA) is 101 Å². The van der Waals surface area contributed by atoms with Gasteiger partial charge in [0.25, 0.3) is 5.91 Å². The van der Waals surface area contributed by atoms with E-state index in [-0.39, 0.29) is 31.6 Å². The average Bonchev–Trinajstić information content (AvgIpc) is 3.23. The van der Waals surface area contributed by atoms with Crippen molar-refractivity contribution in [2.45, 2.75) is 24.7 Å². The number of nitrogens with one attached hydrogen (secondary N) is 1. The number of amides is 2. The molecule has 0 aliphatic carbocycles. The normalized spacial score (nSPS) is 25.9. The van der Waals surface area contributed by atoms with Crippen molar-refractivity contribution in [3.05, 3.63) is 35.9 Å². The highest BCUT2D eigenvalue weighted by Gasteiger charge is 2.31. The van der Waals surface area contributed by atoms with Gasteiger partial charge in [0.15, 0.2) is 11.5 Å². The van der Waals surface area contributed by atoms with Gasteiger partial charge in [-0.1, -0.05) is 12.2 Å². The number of hydrogen-bond acceptors (Lipinski definition) is 7. The molecule has 9 nitrogen and oxygen atoms in total. The van der Waals surface area contributed by atoms with Crippen molar-refractivity contribution in [3.63, 3.8) is 0 Å². The van der Waals surface area contributed by atoms with Gasteiger partial charge in [-0.2, -0.15) is 0 Å². The van der Waals surface area contributed by atoms with E-state index in [1.165, 1.54) is 0 Å². The second-order valence-electron chi connectivity index (χ2n) is 7.74. The minimum atomic E-state index is -0.627. The number of carbonyl (C=O) groups is 2. The minimum absolute atomic E-state index is 0.0392. The maximum Gasteiger partial charge on any atom is 0.251 e. The van der Waals surface area contributed by atoms with Crippen LogP contribution in [0.1, 0.15) is 16.8 Å². The Morgan fingerprint density at radius 3 is 2.67 bits per heavy atom. The van der Waals surface area contributed by atoms with Crippen molar-refractivity contribution in [2.24, 2.45) is 0 Å². The minimum Gasteiger partial charge on any atom is -0.454 e. The molecule has 1 aromatic carbocycles. The summed E-state index contributed by atoms with van der Waals surface area (Å²) in [6, 6.07) is 4.47. The third kappa shape index (κ3) is 4.58. The largest absolute Gasteiger partial charge is 0.454 e. The number of ether oxygens (including phenoxy) is 3. The predicted molar refractivity (Wildman–Crippen MR) is 107 cm³/mol. The molecule has 2 amide bonds. The van der Waals surface area contributed by atoms with E-state index in [4.69, 9.17) is 14.2 Å². The van der Waals surface area contributed by atoms with Gasteiger partial charge >= 0.3 is 0 Å². The van der Waals surface area contributed by atoms with Crippen LogP contribution in [0.25, 0.3) is 0 Å². The number of aliphatic hydroxyl groups excluding tert-OH is 1. The van der Waals surface area contributed by atoms with Crippen LogP contribution in [-0.4, -0.2) is 91.6 Å². The number of nitrogens with zero attached hydrogens (tertiary/aromatic N) is 2. The average molecular weight is 417 g/mol. The number of piperazine rings is 1. The summed E-state index contributed by atoms with van der Waals surface area (Å²) in [5.41, 5.74) is 0.428. The van der Waals surface area contributed by atoms with Crippen molar-refractivity contribution in [2.75, 3.05) is 46.6 Å². The van der Waals surface area contributed by atoms with Gasteiger partial charge in [-0.25, -0.2) is 0 Å². The Morgan fingerprint density at radius 1 is 1.13 bits per heavy atom. The fraction of sp³-hybridized carbons (Fsp3) is 0.524. The molecule has 0 radical (unpaired) electrons. The number of benzene rings is 1. The first kappa shape index (κ1) is 20.6. The summed E-state index contributed by atoms with van der Waals surface area (Å²) in [4.78, 5) is 29.2. The second-order valence-corrected chi connectivity index (χ2v) is 7.74. The first-order chi connectivity index (χ1) is 14.5. The molecule has 162 valence electrons. The predicted octanol–water partition coefficient (Wildman–Crippen LogP) is -0.00630. The Hall–Kier alpha value is -2.62. The number of hydrogen-bond donors (Lipinski definition) is 2. The van der Waals surface area contributed by atoms with Crippen LogP contribution in [0.2, 0.25) is 0 Å². The van der Waals surface area contributed by atoms with E-state index in [9.17, 15) is 14.7 Å². The van der Waals surface area contributed by atoms with E-state index >= 15 is 0 Å². The van der Waals surface area contributed by atoms with Crippen LogP contribution >= 0.6 is 0 Å². The van der Waals surface area contributed by atoms with Crippen LogP contribution in [0.15, 0.2) is 30.4 Å². The molecule has 1 aromatic rings. The molecule has 3 heterocycles. The highest BCUT2D eigenvalue weighted by molar-refractivity contribution is 5.95. The summed E-state index contributed by atoms with van der Waals surface area (Å²) < 4.78 is 16.5. The summed E-state index contributed by atoms with van der Waals surface area (Å²) in [6.07, 6.45) is 2.74. The van der Waals surface area contributed by atoms with Crippen LogP contribution in [0.4, 0.5) is 0 Å². The van der Waals surface area contributed by atoms with Gasteiger partial charge in [0.2, 0.25) is 12.7 Å². The molecular formula is C21H27N3O6. The molecule has 3 atom stereocenters. The lowest BCUT2D eigenvalue weighted by atomic mass is 10.0. The van der Waals surface area contributed by atoms with E-state index < -0.39 is 18.2 Å². The van der Waals surface area contributed by atoms with Crippen LogP contribution in [0.3, 0.4) is 0 Å². The number of rotatable bonds is 5. The smallest absolute Gasteiger partial charge is 0.251 e. The summed E-state index contributed by atoms with van der Waals surface area (Å²) >= 11 is 0. The van der Waals surface area contributed by atoms with E-state index in [1.54, 1.807) is 30.4 Å². The molecule has 0 aromatic heterocycles. The van der Waals surface area contributed by atoms with Gasteiger partial charge < -0.3 is 34.4 Å². The highest BCUT2D eigenvalue weighted by Crippen LogP contribution is 2.32. The molecule has 0 spiro atoms. The van der Waals surface area contributed by atoms with Crippen LogP contribution in [-0.2, 0) is 9.53 Å². The Bertz CT molecular complexity index is 821. The Morgan fingerprint density at radius 2 is 1.90 bits per heavy atom. The molecular weight excluding hydrogens is 390 g/mol. The third-order valence-electron chi connectivity index (χ3n) is 5.63. The van der Waals surface area contributed by atoms with Gasteiger partial charge in [-0.15, -0.1) is 0 Å². The molecule has 4 rings (SSSR count). The SMILES string of the molecule is CN1CCN(C(=O)C[C@@H]2C=C[C@@H](NC(=O)c3ccc4c(c3)OCO4)[C@@H](CO)O2)CC1. The fourth-order valence-corrected chi connectivity index (χ4v) is 3.77. The van der Waals surface area contributed by atoms with Gasteiger partial charge in [0.05, 0.1) is 25.2 Å². The van der Waals surface area contributed by atoms with Crippen molar-refractivity contribution in [1.29, 1.82) is 0 Å². The number of carbonyl (C=O) groups excluding carboxylic acids is 2. The first-order valence-corrected chi connectivity index (χ1v) is 10.1. The highest BCUT2D eigenvalue weighted by atomic mass is 16.7. The maximum absolute atomic E-state index is 12.6. The summed E-state index contributed by atoms with van der Waals surface area (Å²) in [5.74, 6) is 0.863. The maximum atomic E-state index is 12.6. The zero-order valence-corrected chi connectivity index (χ0v) is 17.0. The molecule has 3 aliphatic heterocycles. The Labute approximate surface area is 175 Å². The monoisotopic (exact) mass is 417 g/mol. The standard InChI is InChI=1S/C21H27N3O6/c1-23-6-8-24(9-7-23)20(26)11-15-3-4-16(19(12-25)30-15)22-21(27)14-2-5-17-18(10-14)29-13-28-17/h2-5,10,15-16,19,25H,6-9,11-13H2,1H3,(H,22,27)/t15-,16+,19+/m0/s1. The zero-order chi connectivity index (χ0) is 21.1. The number of fused-ring (bicyclic) bond motifs is 1. The van der Waals surface area contributed by atoms with Crippen molar-refractivity contribution in [3.8, 4) is 11.5 Å². The Balaban J connectivity index is 1.34. The van der Waals surface area contributed by atoms with E-state index in [1.807, 2.05) is 11.9 Å². The molecule has 3 aliphatic rings. The molecule has 30 heavy (non-hydrogen) atoms. The molecule has 9 heteroatoms. The molecule has 0 unspecified atom stereocenters. The molecule has 1 saturated heterocycles. The van der Waals surface area contributed by atoms with E-state index in [0.717, 1.165) is 13.1 Å². The zero-order valence-electron chi connectivity index (χ0n) is 17.0. The van der Waals surface area contributed by atoms with E-state index in [2.05, 4.69) is 10.2 Å². The Kier molecular flexibility index (Phi) is 6.21. The number of likely N-dealkylation sites (N-methyl/N-ethyl adjacent to an activating group) is 1. The van der Waals surface area contributed by atoms with Crippen LogP contribution < -0.4 is 14.8 Å². The lowest BCUT2D eigenvalue weighted by molar-refractivity contribution is -0.137. The molecule has 1 fully saturated rings. The molecule has 0 bridgehead atoms. The van der Waals surface area contributed by atoms with Crippen molar-refractivity contribution in [1.82, 2.24) is 15.1 Å². The third-order valence-corrected chi connectivity index (χ3v) is 5.63. The summed E-state index contributed by atoms with van der Waals surface area (Å²) in [7, 11) is 2.04. The van der Waals surface area contributed by atoms with Gasteiger partial charge in [0, 0.05) is 31.7 Å². The molecule has 2 N–H and O–H groups in total. The lowest BCUT2D eigenvalue weighted by Crippen LogP contribution is -2.50. The fourth-order valence-electron chi connectivity index (χ4n) is 3.77. The van der Waals surface area contributed by atoms with Gasteiger partial charge in [-0.3, -0.25) is 9.59 Å². The van der Waals surface area contributed by atoms with Crippen LogP contribution in [0.5, 0.6) is 11.5 Å². The quantitative estimate of drug-likeness (QED) is 0.650. The lowest BCUT2D eigenvalue weighted by Gasteiger charge is -2.35. The summed E-state index contributed by atoms with van der Waals surface area (Å²) in [6.45, 7) is 3.02. The first-order valence-electron chi connectivity index (χ1n) is 10.1. The second kappa shape index (κ2) is 9.03. The van der Waals surface area contributed by atoms with Crippen LogP contribution in [0, 0.1) is 0 Å². The van der Waals surface area contributed by atoms with Crippen molar-refractivity contribution < 1.29 is 28.9 Å².